The Morgan fingerprint density at radius 1 is 1.11 bits per heavy atom. The maximum atomic E-state index is 13.2. The summed E-state index contributed by atoms with van der Waals surface area (Å²) in [6, 6.07) is 17.8. The summed E-state index contributed by atoms with van der Waals surface area (Å²) >= 11 is 0. The Morgan fingerprint density at radius 2 is 1.79 bits per heavy atom. The Balaban J connectivity index is 1.68. The van der Waals surface area contributed by atoms with Gasteiger partial charge in [0.1, 0.15) is 11.6 Å². The summed E-state index contributed by atoms with van der Waals surface area (Å²) in [6.45, 7) is 6.15. The second-order valence-corrected chi connectivity index (χ2v) is 7.12. The molecule has 146 valence electrons. The van der Waals surface area contributed by atoms with E-state index in [0.717, 1.165) is 16.9 Å². The zero-order valence-electron chi connectivity index (χ0n) is 16.3. The van der Waals surface area contributed by atoms with Gasteiger partial charge in [-0.1, -0.05) is 44.2 Å². The van der Waals surface area contributed by atoms with E-state index >= 15 is 0 Å². The van der Waals surface area contributed by atoms with Gasteiger partial charge in [-0.15, -0.1) is 0 Å². The van der Waals surface area contributed by atoms with Gasteiger partial charge in [-0.2, -0.15) is 5.10 Å². The van der Waals surface area contributed by atoms with Crippen molar-refractivity contribution < 1.29 is 9.18 Å². The molecule has 0 saturated carbocycles. The van der Waals surface area contributed by atoms with Crippen LogP contribution in [0.1, 0.15) is 31.1 Å². The number of anilines is 1. The van der Waals surface area contributed by atoms with Gasteiger partial charge in [0.25, 0.3) is 0 Å². The summed E-state index contributed by atoms with van der Waals surface area (Å²) < 4.78 is 14.9. The maximum absolute atomic E-state index is 13.2. The molecule has 1 heterocycles. The predicted molar refractivity (Wildman–Crippen MR) is 109 cm³/mol. The van der Waals surface area contributed by atoms with Crippen molar-refractivity contribution >= 4 is 11.7 Å². The summed E-state index contributed by atoms with van der Waals surface area (Å²) in [6.07, 6.45) is 0. The number of halogens is 1. The Labute approximate surface area is 164 Å². The van der Waals surface area contributed by atoms with Crippen LogP contribution in [0.2, 0.25) is 0 Å². The lowest BCUT2D eigenvalue weighted by Gasteiger charge is -2.23. The number of rotatable bonds is 7. The van der Waals surface area contributed by atoms with Crippen LogP contribution in [0.5, 0.6) is 0 Å². The van der Waals surface area contributed by atoms with E-state index in [0.29, 0.717) is 5.82 Å². The minimum absolute atomic E-state index is 0.0490. The number of carbonyl (C=O) groups is 1. The van der Waals surface area contributed by atoms with Crippen LogP contribution in [0.3, 0.4) is 0 Å². The molecule has 3 rings (SSSR count). The van der Waals surface area contributed by atoms with Gasteiger partial charge in [0.05, 0.1) is 17.9 Å². The fourth-order valence-corrected chi connectivity index (χ4v) is 3.15. The molecule has 28 heavy (non-hydrogen) atoms. The molecule has 2 aromatic carbocycles. The van der Waals surface area contributed by atoms with Crippen molar-refractivity contribution in [3.05, 3.63) is 77.7 Å². The second-order valence-electron chi connectivity index (χ2n) is 7.12. The van der Waals surface area contributed by atoms with Gasteiger partial charge in [-0.05, 0) is 42.7 Å². The van der Waals surface area contributed by atoms with E-state index in [1.807, 2.05) is 43.3 Å². The van der Waals surface area contributed by atoms with Gasteiger partial charge < -0.3 is 10.6 Å². The molecule has 1 atom stereocenters. The number of para-hydroxylation sites is 1. The van der Waals surface area contributed by atoms with Crippen LogP contribution < -0.4 is 10.6 Å². The lowest BCUT2D eigenvalue weighted by atomic mass is 9.96. The first-order valence-electron chi connectivity index (χ1n) is 9.35. The number of nitrogens with zero attached hydrogens (tertiary/aromatic N) is 2. The molecule has 0 unspecified atom stereocenters. The highest BCUT2D eigenvalue weighted by atomic mass is 19.1. The van der Waals surface area contributed by atoms with Gasteiger partial charge in [-0.25, -0.2) is 9.07 Å². The number of amides is 1. The monoisotopic (exact) mass is 380 g/mol. The first kappa shape index (κ1) is 19.8. The quantitative estimate of drug-likeness (QED) is 0.644. The third-order valence-electron chi connectivity index (χ3n) is 4.48. The highest BCUT2D eigenvalue weighted by Crippen LogP contribution is 2.22. The minimum atomic E-state index is -0.270. The lowest BCUT2D eigenvalue weighted by Crippen LogP contribution is -2.34. The largest absolute Gasteiger partial charge is 0.309 e. The Bertz CT molecular complexity index is 919. The van der Waals surface area contributed by atoms with Gasteiger partial charge in [0, 0.05) is 12.1 Å². The van der Waals surface area contributed by atoms with Crippen molar-refractivity contribution in [2.45, 2.75) is 26.8 Å². The van der Waals surface area contributed by atoms with Crippen LogP contribution in [0, 0.1) is 18.7 Å². The summed E-state index contributed by atoms with van der Waals surface area (Å²) in [4.78, 5) is 12.5. The van der Waals surface area contributed by atoms with Crippen molar-refractivity contribution in [1.29, 1.82) is 0 Å². The lowest BCUT2D eigenvalue weighted by molar-refractivity contribution is -0.115. The molecule has 6 heteroatoms. The van der Waals surface area contributed by atoms with Crippen LogP contribution in [0.15, 0.2) is 60.7 Å². The fraction of sp³-hybridized carbons (Fsp3) is 0.273. The minimum Gasteiger partial charge on any atom is -0.309 e. The van der Waals surface area contributed by atoms with Gasteiger partial charge in [0.15, 0.2) is 0 Å². The van der Waals surface area contributed by atoms with Crippen LogP contribution in [-0.4, -0.2) is 22.2 Å². The van der Waals surface area contributed by atoms with Gasteiger partial charge >= 0.3 is 0 Å². The molecule has 1 amide bonds. The maximum Gasteiger partial charge on any atom is 0.239 e. The Kier molecular flexibility index (Phi) is 6.21. The molecule has 5 nitrogen and oxygen atoms in total. The number of aromatic nitrogens is 2. The average Bonchev–Trinajstić information content (AvgIpc) is 3.04. The SMILES string of the molecule is Cc1cc(NC(=O)CN[C@@H](c2ccc(F)cc2)C(C)C)n(-c2ccccc2)n1. The van der Waals surface area contributed by atoms with Crippen molar-refractivity contribution in [1.82, 2.24) is 15.1 Å². The number of benzene rings is 2. The van der Waals surface area contributed by atoms with Gasteiger partial charge in [0.2, 0.25) is 5.91 Å². The highest BCUT2D eigenvalue weighted by molar-refractivity contribution is 5.91. The van der Waals surface area contributed by atoms with E-state index in [2.05, 4.69) is 29.6 Å². The predicted octanol–water partition coefficient (Wildman–Crippen LogP) is 4.25. The first-order valence-corrected chi connectivity index (χ1v) is 9.35. The van der Waals surface area contributed by atoms with E-state index < -0.39 is 0 Å². The van der Waals surface area contributed by atoms with E-state index in [4.69, 9.17) is 0 Å². The van der Waals surface area contributed by atoms with E-state index in [-0.39, 0.29) is 30.2 Å². The second kappa shape index (κ2) is 8.80. The zero-order valence-corrected chi connectivity index (χ0v) is 16.3. The fourth-order valence-electron chi connectivity index (χ4n) is 3.15. The van der Waals surface area contributed by atoms with Crippen molar-refractivity contribution in [2.24, 2.45) is 5.92 Å². The molecule has 0 spiro atoms. The van der Waals surface area contributed by atoms with E-state index in [1.54, 1.807) is 16.8 Å². The smallest absolute Gasteiger partial charge is 0.239 e. The molecule has 0 saturated heterocycles. The first-order chi connectivity index (χ1) is 13.4. The number of aryl methyl sites for hydroxylation is 1. The highest BCUT2D eigenvalue weighted by Gasteiger charge is 2.17. The molecule has 3 aromatic rings. The summed E-state index contributed by atoms with van der Waals surface area (Å²) in [5, 5.41) is 10.7. The van der Waals surface area contributed by atoms with Crippen LogP contribution in [0.4, 0.5) is 10.2 Å². The summed E-state index contributed by atoms with van der Waals surface area (Å²) in [7, 11) is 0. The molecule has 0 aliphatic carbocycles. The standard InChI is InChI=1S/C22H25FN4O/c1-15(2)22(17-9-11-18(23)12-10-17)24-14-21(28)25-20-13-16(3)26-27(20)19-7-5-4-6-8-19/h4-13,15,22,24H,14H2,1-3H3,(H,25,28)/t22-/m1/s1. The normalized spacial score (nSPS) is 12.2. The molecule has 0 fully saturated rings. The summed E-state index contributed by atoms with van der Waals surface area (Å²) in [5.74, 6) is 0.437. The topological polar surface area (TPSA) is 59.0 Å². The van der Waals surface area contributed by atoms with Gasteiger partial charge in [-0.3, -0.25) is 4.79 Å². The Morgan fingerprint density at radius 3 is 2.43 bits per heavy atom. The molecule has 0 aliphatic heterocycles. The van der Waals surface area contributed by atoms with Crippen molar-refractivity contribution in [2.75, 3.05) is 11.9 Å². The van der Waals surface area contributed by atoms with Crippen molar-refractivity contribution in [3.63, 3.8) is 0 Å². The third-order valence-corrected chi connectivity index (χ3v) is 4.48. The van der Waals surface area contributed by atoms with Crippen molar-refractivity contribution in [3.8, 4) is 5.69 Å². The molecule has 2 N–H and O–H groups in total. The number of nitrogens with one attached hydrogen (secondary N) is 2. The molecular weight excluding hydrogens is 355 g/mol. The van der Waals surface area contributed by atoms with E-state index in [1.165, 1.54) is 12.1 Å². The molecule has 0 bridgehead atoms. The molecular formula is C22H25FN4O. The summed E-state index contributed by atoms with van der Waals surface area (Å²) in [5.41, 5.74) is 2.65. The van der Waals surface area contributed by atoms with E-state index in [9.17, 15) is 9.18 Å². The molecule has 0 aliphatic rings. The number of carbonyl (C=O) groups excluding carboxylic acids is 1. The zero-order chi connectivity index (χ0) is 20.1. The van der Waals surface area contributed by atoms with Crippen LogP contribution >= 0.6 is 0 Å². The molecule has 0 radical (unpaired) electrons. The Hall–Kier alpha value is -2.99. The van der Waals surface area contributed by atoms with Crippen LogP contribution in [-0.2, 0) is 4.79 Å². The average molecular weight is 380 g/mol. The third kappa shape index (κ3) is 4.84. The number of hydrogen-bond donors (Lipinski definition) is 2. The van der Waals surface area contributed by atoms with Crippen LogP contribution in [0.25, 0.3) is 5.69 Å². The number of hydrogen-bond acceptors (Lipinski definition) is 3. The molecule has 1 aromatic heterocycles.